The van der Waals surface area contributed by atoms with Crippen LogP contribution in [-0.2, 0) is 4.74 Å². The number of hydrogen-bond acceptors (Lipinski definition) is 6. The maximum Gasteiger partial charge on any atom is 0.339 e. The molecule has 0 atom stereocenters. The molecule has 0 aliphatic rings. The first-order valence-corrected chi connectivity index (χ1v) is 9.18. The third-order valence-corrected chi connectivity index (χ3v) is 4.36. The van der Waals surface area contributed by atoms with E-state index in [4.69, 9.17) is 4.74 Å². The van der Waals surface area contributed by atoms with E-state index in [1.165, 1.54) is 13.4 Å². The van der Waals surface area contributed by atoms with E-state index in [0.717, 1.165) is 11.3 Å². The van der Waals surface area contributed by atoms with Crippen LogP contribution in [0.3, 0.4) is 0 Å². The second-order valence-electron chi connectivity index (χ2n) is 6.34. The highest BCUT2D eigenvalue weighted by Crippen LogP contribution is 2.22. The lowest BCUT2D eigenvalue weighted by Gasteiger charge is -2.21. The second-order valence-corrected chi connectivity index (χ2v) is 6.34. The number of hydrogen-bond donors (Lipinski definition) is 1. The van der Waals surface area contributed by atoms with E-state index < -0.39 is 5.97 Å². The lowest BCUT2D eigenvalue weighted by molar-refractivity contribution is 0.0601. The number of ether oxygens (including phenoxy) is 1. The Hall–Kier alpha value is -3.74. The van der Waals surface area contributed by atoms with Gasteiger partial charge in [-0.15, -0.1) is 0 Å². The number of aryl methyl sites for hydroxylation is 1. The van der Waals surface area contributed by atoms with E-state index >= 15 is 0 Å². The van der Waals surface area contributed by atoms with Crippen LogP contribution in [0.4, 0.5) is 17.2 Å². The van der Waals surface area contributed by atoms with Crippen LogP contribution in [-0.4, -0.2) is 35.5 Å². The molecule has 29 heavy (non-hydrogen) atoms. The molecule has 0 aliphatic heterocycles. The van der Waals surface area contributed by atoms with Crippen molar-refractivity contribution in [1.82, 2.24) is 9.97 Å². The molecule has 0 aliphatic carbocycles. The van der Waals surface area contributed by atoms with Crippen LogP contribution < -0.4 is 10.2 Å². The summed E-state index contributed by atoms with van der Waals surface area (Å²) < 4.78 is 4.81. The van der Waals surface area contributed by atoms with E-state index in [9.17, 15) is 9.59 Å². The molecule has 0 saturated carbocycles. The SMILES string of the molecule is CCN(C(=O)c1cc(Nc2ccccc2C(=O)OC)ncn1)c1cccc(C)c1. The molecule has 0 spiro atoms. The zero-order valence-corrected chi connectivity index (χ0v) is 16.5. The summed E-state index contributed by atoms with van der Waals surface area (Å²) in [6.07, 6.45) is 1.32. The van der Waals surface area contributed by atoms with Gasteiger partial charge < -0.3 is 15.0 Å². The number of methoxy groups -OCH3 is 1. The molecule has 7 nitrogen and oxygen atoms in total. The Balaban J connectivity index is 1.88. The van der Waals surface area contributed by atoms with Crippen molar-refractivity contribution < 1.29 is 14.3 Å². The van der Waals surface area contributed by atoms with Crippen LogP contribution in [0.25, 0.3) is 0 Å². The molecule has 1 N–H and O–H groups in total. The van der Waals surface area contributed by atoms with Gasteiger partial charge in [0.25, 0.3) is 5.91 Å². The Bertz CT molecular complexity index is 1040. The van der Waals surface area contributed by atoms with Crippen LogP contribution in [0.15, 0.2) is 60.9 Å². The Morgan fingerprint density at radius 2 is 1.86 bits per heavy atom. The van der Waals surface area contributed by atoms with Crippen molar-refractivity contribution in [2.24, 2.45) is 0 Å². The smallest absolute Gasteiger partial charge is 0.339 e. The number of carbonyl (C=O) groups excluding carboxylic acids is 2. The Kier molecular flexibility index (Phi) is 6.19. The number of nitrogens with one attached hydrogen (secondary N) is 1. The van der Waals surface area contributed by atoms with Gasteiger partial charge in [-0.3, -0.25) is 4.79 Å². The van der Waals surface area contributed by atoms with Crippen molar-refractivity contribution in [2.75, 3.05) is 23.9 Å². The van der Waals surface area contributed by atoms with Crippen LogP contribution in [0.5, 0.6) is 0 Å². The topological polar surface area (TPSA) is 84.4 Å². The van der Waals surface area contributed by atoms with Crippen LogP contribution in [0.1, 0.15) is 33.3 Å². The molecule has 0 radical (unpaired) electrons. The van der Waals surface area contributed by atoms with Gasteiger partial charge in [0, 0.05) is 18.3 Å². The lowest BCUT2D eigenvalue weighted by Crippen LogP contribution is -2.31. The second kappa shape index (κ2) is 8.97. The Labute approximate surface area is 169 Å². The maximum absolute atomic E-state index is 13.0. The van der Waals surface area contributed by atoms with Crippen molar-refractivity contribution in [3.05, 3.63) is 77.7 Å². The predicted molar refractivity (Wildman–Crippen MR) is 112 cm³/mol. The summed E-state index contributed by atoms with van der Waals surface area (Å²) >= 11 is 0. The van der Waals surface area contributed by atoms with Gasteiger partial charge in [-0.1, -0.05) is 24.3 Å². The average Bonchev–Trinajstić information content (AvgIpc) is 2.74. The van der Waals surface area contributed by atoms with Crippen LogP contribution >= 0.6 is 0 Å². The number of esters is 1. The van der Waals surface area contributed by atoms with E-state index in [2.05, 4.69) is 15.3 Å². The minimum absolute atomic E-state index is 0.232. The summed E-state index contributed by atoms with van der Waals surface area (Å²) in [6.45, 7) is 4.39. The van der Waals surface area contributed by atoms with E-state index in [-0.39, 0.29) is 11.6 Å². The highest BCUT2D eigenvalue weighted by atomic mass is 16.5. The van der Waals surface area contributed by atoms with Crippen molar-refractivity contribution in [2.45, 2.75) is 13.8 Å². The summed E-state index contributed by atoms with van der Waals surface area (Å²) in [5.74, 6) is -0.292. The fourth-order valence-electron chi connectivity index (χ4n) is 2.94. The zero-order chi connectivity index (χ0) is 20.8. The van der Waals surface area contributed by atoms with Gasteiger partial charge in [-0.25, -0.2) is 14.8 Å². The van der Waals surface area contributed by atoms with Gasteiger partial charge >= 0.3 is 5.97 Å². The molecule has 3 rings (SSSR count). The first-order chi connectivity index (χ1) is 14.0. The van der Waals surface area contributed by atoms with Gasteiger partial charge in [-0.05, 0) is 43.7 Å². The Morgan fingerprint density at radius 1 is 1.07 bits per heavy atom. The summed E-state index contributed by atoms with van der Waals surface area (Å²) in [7, 11) is 1.32. The monoisotopic (exact) mass is 390 g/mol. The number of aromatic nitrogens is 2. The minimum atomic E-state index is -0.463. The number of anilines is 3. The maximum atomic E-state index is 13.0. The van der Waals surface area contributed by atoms with E-state index in [0.29, 0.717) is 23.6 Å². The molecule has 0 bridgehead atoms. The lowest BCUT2D eigenvalue weighted by atomic mass is 10.1. The normalized spacial score (nSPS) is 10.3. The number of rotatable bonds is 6. The standard InChI is InChI=1S/C22H22N4O3/c1-4-26(16-9-7-8-15(2)12-16)21(27)19-13-20(24-14-23-19)25-18-11-6-5-10-17(18)22(28)29-3/h5-14H,4H2,1-3H3,(H,23,24,25). The molecular weight excluding hydrogens is 368 g/mol. The molecule has 7 heteroatoms. The predicted octanol–water partition coefficient (Wildman–Crippen LogP) is 3.98. The van der Waals surface area contributed by atoms with Gasteiger partial charge in [0.2, 0.25) is 0 Å². The molecule has 148 valence electrons. The van der Waals surface area contributed by atoms with Crippen molar-refractivity contribution in [1.29, 1.82) is 0 Å². The quantitative estimate of drug-likeness (QED) is 0.641. The zero-order valence-electron chi connectivity index (χ0n) is 16.5. The van der Waals surface area contributed by atoms with Gasteiger partial charge in [0.15, 0.2) is 0 Å². The van der Waals surface area contributed by atoms with E-state index in [1.54, 1.807) is 35.2 Å². The van der Waals surface area contributed by atoms with Gasteiger partial charge in [0.1, 0.15) is 17.8 Å². The van der Waals surface area contributed by atoms with Crippen LogP contribution in [0, 0.1) is 6.92 Å². The van der Waals surface area contributed by atoms with E-state index in [1.807, 2.05) is 38.1 Å². The summed E-state index contributed by atoms with van der Waals surface area (Å²) in [5.41, 5.74) is 3.03. The number of amides is 1. The minimum Gasteiger partial charge on any atom is -0.465 e. The molecule has 0 saturated heterocycles. The number of para-hydroxylation sites is 1. The molecule has 1 aromatic heterocycles. The third kappa shape index (κ3) is 4.57. The largest absolute Gasteiger partial charge is 0.465 e. The molecule has 2 aromatic carbocycles. The Morgan fingerprint density at radius 3 is 2.59 bits per heavy atom. The van der Waals surface area contributed by atoms with Crippen molar-refractivity contribution in [3.63, 3.8) is 0 Å². The van der Waals surface area contributed by atoms with Crippen molar-refractivity contribution >= 4 is 29.1 Å². The number of benzene rings is 2. The third-order valence-electron chi connectivity index (χ3n) is 4.36. The molecule has 0 unspecified atom stereocenters. The molecule has 0 fully saturated rings. The number of nitrogens with zero attached hydrogens (tertiary/aromatic N) is 3. The summed E-state index contributed by atoms with van der Waals surface area (Å²) in [5, 5.41) is 3.07. The fraction of sp³-hybridized carbons (Fsp3) is 0.182. The first kappa shape index (κ1) is 20.0. The average molecular weight is 390 g/mol. The first-order valence-electron chi connectivity index (χ1n) is 9.18. The highest BCUT2D eigenvalue weighted by molar-refractivity contribution is 6.05. The number of carbonyl (C=O) groups is 2. The van der Waals surface area contributed by atoms with Crippen LogP contribution in [0.2, 0.25) is 0 Å². The highest BCUT2D eigenvalue weighted by Gasteiger charge is 2.19. The molecule has 3 aromatic rings. The molecular formula is C22H22N4O3. The molecule has 1 amide bonds. The fourth-order valence-corrected chi connectivity index (χ4v) is 2.94. The summed E-state index contributed by atoms with van der Waals surface area (Å²) in [4.78, 5) is 35.0. The van der Waals surface area contributed by atoms with Crippen molar-refractivity contribution in [3.8, 4) is 0 Å². The van der Waals surface area contributed by atoms with Gasteiger partial charge in [-0.2, -0.15) is 0 Å². The summed E-state index contributed by atoms with van der Waals surface area (Å²) in [6, 6.07) is 16.2. The molecule has 1 heterocycles. The van der Waals surface area contributed by atoms with Gasteiger partial charge in [0.05, 0.1) is 18.4 Å².